The Bertz CT molecular complexity index is 517. The van der Waals surface area contributed by atoms with Crippen LogP contribution in [0.5, 0.6) is 0 Å². The number of aliphatic carboxylic acids is 1. The summed E-state index contributed by atoms with van der Waals surface area (Å²) in [6.45, 7) is 14.3. The van der Waals surface area contributed by atoms with E-state index in [1.54, 1.807) is 36.5 Å². The van der Waals surface area contributed by atoms with E-state index < -0.39 is 5.97 Å². The van der Waals surface area contributed by atoms with Gasteiger partial charge in [0, 0.05) is 5.70 Å². The summed E-state index contributed by atoms with van der Waals surface area (Å²) in [5, 5.41) is 12.2. The number of carboxylic acids is 1. The molecule has 0 amide bonds. The fraction of sp³-hybridized carbons (Fsp3) is 0. The topological polar surface area (TPSA) is 49.3 Å². The summed E-state index contributed by atoms with van der Waals surface area (Å²) >= 11 is 0. The average Bonchev–Trinajstić information content (AvgIpc) is 2.41. The van der Waals surface area contributed by atoms with Crippen LogP contribution < -0.4 is 5.32 Å². The second-order valence-corrected chi connectivity index (χ2v) is 3.51. The Balaban J connectivity index is 5.55. The van der Waals surface area contributed by atoms with Gasteiger partial charge in [-0.1, -0.05) is 56.7 Å². The minimum Gasteiger partial charge on any atom is -0.478 e. The molecule has 0 aliphatic heterocycles. The summed E-state index contributed by atoms with van der Waals surface area (Å²) in [4.78, 5) is 11.3. The van der Waals surface area contributed by atoms with Crippen LogP contribution in [0.2, 0.25) is 0 Å². The summed E-state index contributed by atoms with van der Waals surface area (Å²) in [5.41, 5.74) is 1.15. The van der Waals surface area contributed by atoms with Crippen LogP contribution in [0.25, 0.3) is 0 Å². The lowest BCUT2D eigenvalue weighted by molar-refractivity contribution is -0.132. The summed E-state index contributed by atoms with van der Waals surface area (Å²) < 4.78 is 0. The van der Waals surface area contributed by atoms with Crippen molar-refractivity contribution in [1.29, 1.82) is 0 Å². The highest BCUT2D eigenvalue weighted by atomic mass is 16.4. The molecule has 0 rings (SSSR count). The first-order chi connectivity index (χ1) is 9.60. The van der Waals surface area contributed by atoms with Crippen LogP contribution in [0.3, 0.4) is 0 Å². The molecule has 0 spiro atoms. The van der Waals surface area contributed by atoms with E-state index in [9.17, 15) is 9.90 Å². The minimum absolute atomic E-state index is 0.0851. The smallest absolute Gasteiger partial charge is 0.337 e. The van der Waals surface area contributed by atoms with Crippen molar-refractivity contribution in [3.63, 3.8) is 0 Å². The molecule has 20 heavy (non-hydrogen) atoms. The number of carboxylic acid groups (broad SMARTS) is 1. The highest BCUT2D eigenvalue weighted by Crippen LogP contribution is 2.11. The SMILES string of the molecule is C=C/C=C\C(=C/C=C)NC(=C/C=C)/C(=C\C=C)C(=O)O. The molecule has 0 unspecified atom stereocenters. The van der Waals surface area contributed by atoms with Crippen molar-refractivity contribution >= 4 is 5.97 Å². The van der Waals surface area contributed by atoms with Gasteiger partial charge in [0.25, 0.3) is 0 Å². The van der Waals surface area contributed by atoms with E-state index in [1.807, 2.05) is 0 Å². The Hall–Kier alpha value is -2.81. The fourth-order valence-corrected chi connectivity index (χ4v) is 1.30. The molecule has 0 aromatic carbocycles. The molecular weight excluding hydrogens is 250 g/mol. The van der Waals surface area contributed by atoms with E-state index in [2.05, 4.69) is 31.6 Å². The first-order valence-corrected chi connectivity index (χ1v) is 5.88. The van der Waals surface area contributed by atoms with Gasteiger partial charge in [-0.05, 0) is 24.3 Å². The molecule has 0 saturated heterocycles. The zero-order valence-electron chi connectivity index (χ0n) is 11.4. The largest absolute Gasteiger partial charge is 0.478 e. The minimum atomic E-state index is -1.06. The summed E-state index contributed by atoms with van der Waals surface area (Å²) in [7, 11) is 0. The predicted molar refractivity (Wildman–Crippen MR) is 84.9 cm³/mol. The van der Waals surface area contributed by atoms with Crippen LogP contribution in [0.1, 0.15) is 0 Å². The zero-order valence-corrected chi connectivity index (χ0v) is 11.4. The van der Waals surface area contributed by atoms with Crippen LogP contribution in [0, 0.1) is 0 Å². The monoisotopic (exact) mass is 269 g/mol. The Morgan fingerprint density at radius 3 is 1.95 bits per heavy atom. The van der Waals surface area contributed by atoms with Gasteiger partial charge in [-0.15, -0.1) is 0 Å². The molecule has 0 fully saturated rings. The molecule has 0 saturated carbocycles. The lowest BCUT2D eigenvalue weighted by atomic mass is 10.1. The van der Waals surface area contributed by atoms with Gasteiger partial charge < -0.3 is 10.4 Å². The van der Waals surface area contributed by atoms with Gasteiger partial charge in [0.05, 0.1) is 11.3 Å². The second kappa shape index (κ2) is 10.1. The maximum Gasteiger partial charge on any atom is 0.337 e. The number of hydrogen-bond donors (Lipinski definition) is 2. The quantitative estimate of drug-likeness (QED) is 0.496. The van der Waals surface area contributed by atoms with E-state index in [1.165, 1.54) is 18.2 Å². The maximum atomic E-state index is 11.3. The predicted octanol–water partition coefficient (Wildman–Crippen LogP) is 3.66. The Labute approximate surface area is 120 Å². The normalized spacial score (nSPS) is 12.9. The van der Waals surface area contributed by atoms with Crippen molar-refractivity contribution in [1.82, 2.24) is 5.32 Å². The summed E-state index contributed by atoms with van der Waals surface area (Å²) in [6, 6.07) is 0. The molecule has 0 bridgehead atoms. The molecule has 3 heteroatoms. The second-order valence-electron chi connectivity index (χ2n) is 3.51. The van der Waals surface area contributed by atoms with E-state index in [0.29, 0.717) is 11.4 Å². The zero-order chi connectivity index (χ0) is 15.4. The van der Waals surface area contributed by atoms with Crippen LogP contribution in [-0.2, 0) is 4.79 Å². The van der Waals surface area contributed by atoms with Gasteiger partial charge in [0.15, 0.2) is 0 Å². The Morgan fingerprint density at radius 1 is 0.900 bits per heavy atom. The maximum absolute atomic E-state index is 11.3. The van der Waals surface area contributed by atoms with E-state index in [-0.39, 0.29) is 5.57 Å². The van der Waals surface area contributed by atoms with Gasteiger partial charge in [0.2, 0.25) is 0 Å². The molecule has 104 valence electrons. The highest BCUT2D eigenvalue weighted by Gasteiger charge is 2.12. The lowest BCUT2D eigenvalue weighted by Gasteiger charge is -2.12. The van der Waals surface area contributed by atoms with Crippen molar-refractivity contribution in [2.45, 2.75) is 0 Å². The number of allylic oxidation sites excluding steroid dienone is 9. The molecule has 0 aromatic rings. The standard InChI is InChI=1S/C17H19NO2/c1-5-9-13-14(10-6-2)18-16(12-8-4)15(11-7-3)17(19)20/h5-13,18H,1-4H2,(H,19,20)/b13-9-,14-10+,15-11+,16-12+. The van der Waals surface area contributed by atoms with E-state index in [0.717, 1.165) is 0 Å². The molecule has 0 atom stereocenters. The van der Waals surface area contributed by atoms with Crippen molar-refractivity contribution in [3.8, 4) is 0 Å². The Morgan fingerprint density at radius 2 is 1.50 bits per heavy atom. The van der Waals surface area contributed by atoms with E-state index >= 15 is 0 Å². The van der Waals surface area contributed by atoms with Crippen LogP contribution in [0.4, 0.5) is 0 Å². The van der Waals surface area contributed by atoms with Crippen LogP contribution >= 0.6 is 0 Å². The van der Waals surface area contributed by atoms with Gasteiger partial charge >= 0.3 is 5.97 Å². The number of rotatable bonds is 9. The van der Waals surface area contributed by atoms with Crippen LogP contribution in [-0.4, -0.2) is 11.1 Å². The number of hydrogen-bond acceptors (Lipinski definition) is 2. The number of carbonyl (C=O) groups is 1. The van der Waals surface area contributed by atoms with Crippen molar-refractivity contribution in [2.24, 2.45) is 0 Å². The van der Waals surface area contributed by atoms with Gasteiger partial charge in [0.1, 0.15) is 0 Å². The molecule has 0 aliphatic carbocycles. The van der Waals surface area contributed by atoms with Gasteiger partial charge in [-0.3, -0.25) is 0 Å². The third-order valence-electron chi connectivity index (χ3n) is 2.08. The first kappa shape index (κ1) is 17.2. The summed E-state index contributed by atoms with van der Waals surface area (Å²) in [6.07, 6.45) is 14.3. The molecular formula is C17H19NO2. The van der Waals surface area contributed by atoms with Gasteiger partial charge in [-0.25, -0.2) is 4.79 Å². The molecule has 0 heterocycles. The fourth-order valence-electron chi connectivity index (χ4n) is 1.30. The molecule has 0 aromatic heterocycles. The Kier molecular flexibility index (Phi) is 8.72. The highest BCUT2D eigenvalue weighted by molar-refractivity contribution is 5.92. The van der Waals surface area contributed by atoms with Crippen molar-refractivity contribution in [3.05, 3.63) is 98.0 Å². The van der Waals surface area contributed by atoms with Crippen molar-refractivity contribution in [2.75, 3.05) is 0 Å². The summed E-state index contributed by atoms with van der Waals surface area (Å²) in [5.74, 6) is -1.06. The first-order valence-electron chi connectivity index (χ1n) is 5.88. The van der Waals surface area contributed by atoms with Gasteiger partial charge in [-0.2, -0.15) is 0 Å². The lowest BCUT2D eigenvalue weighted by Crippen LogP contribution is -2.17. The molecule has 3 nitrogen and oxygen atoms in total. The molecule has 0 radical (unpaired) electrons. The van der Waals surface area contributed by atoms with Crippen LogP contribution in [0.15, 0.2) is 98.0 Å². The molecule has 2 N–H and O–H groups in total. The average molecular weight is 269 g/mol. The van der Waals surface area contributed by atoms with E-state index in [4.69, 9.17) is 0 Å². The third kappa shape index (κ3) is 6.21. The van der Waals surface area contributed by atoms with Crippen molar-refractivity contribution < 1.29 is 9.90 Å². The number of nitrogens with one attached hydrogen (secondary N) is 1. The molecule has 0 aliphatic rings. The third-order valence-corrected chi connectivity index (χ3v) is 2.08.